The molecule has 0 amide bonds. The van der Waals surface area contributed by atoms with Crippen molar-refractivity contribution < 1.29 is 17.9 Å². The van der Waals surface area contributed by atoms with E-state index in [1.807, 2.05) is 0 Å². The number of fused-ring (bicyclic) bond motifs is 1. The van der Waals surface area contributed by atoms with E-state index in [0.717, 1.165) is 45.5 Å². The first-order valence-electron chi connectivity index (χ1n) is 11.2. The van der Waals surface area contributed by atoms with Crippen LogP contribution in [-0.4, -0.2) is 58.9 Å². The summed E-state index contributed by atoms with van der Waals surface area (Å²) < 4.78 is 48.3. The number of azo groups is 1. The molecule has 1 aliphatic heterocycles. The molecule has 0 radical (unpaired) electrons. The van der Waals surface area contributed by atoms with Crippen molar-refractivity contribution in [3.8, 4) is 11.3 Å². The lowest BCUT2D eigenvalue weighted by molar-refractivity contribution is 0.152. The van der Waals surface area contributed by atoms with Crippen LogP contribution in [0.15, 0.2) is 34.6 Å². The van der Waals surface area contributed by atoms with Gasteiger partial charge in [-0.15, -0.1) is 0 Å². The van der Waals surface area contributed by atoms with Crippen LogP contribution in [0.2, 0.25) is 0 Å². The van der Waals surface area contributed by atoms with Crippen molar-refractivity contribution in [2.45, 2.75) is 38.7 Å². The van der Waals surface area contributed by atoms with Crippen LogP contribution in [0.4, 0.5) is 24.5 Å². The van der Waals surface area contributed by atoms with Crippen molar-refractivity contribution in [1.82, 2.24) is 19.5 Å². The lowest BCUT2D eigenvalue weighted by Crippen LogP contribution is -2.36. The minimum absolute atomic E-state index is 0.0126. The number of likely N-dealkylation sites (tertiary alicyclic amines) is 1. The molecule has 0 aliphatic carbocycles. The summed E-state index contributed by atoms with van der Waals surface area (Å²) in [5, 5.41) is 13.0. The number of halogens is 3. The molecule has 2 N–H and O–H groups in total. The van der Waals surface area contributed by atoms with E-state index in [-0.39, 0.29) is 39.9 Å². The van der Waals surface area contributed by atoms with Gasteiger partial charge in [-0.3, -0.25) is 0 Å². The highest BCUT2D eigenvalue weighted by atomic mass is 19.3. The van der Waals surface area contributed by atoms with E-state index in [0.29, 0.717) is 5.69 Å². The predicted molar refractivity (Wildman–Crippen MR) is 123 cm³/mol. The zero-order valence-electron chi connectivity index (χ0n) is 19.2. The summed E-state index contributed by atoms with van der Waals surface area (Å²) in [7, 11) is 1.70. The quantitative estimate of drug-likeness (QED) is 0.283. The lowest BCUT2D eigenvalue weighted by Gasteiger charge is -2.29. The van der Waals surface area contributed by atoms with Crippen LogP contribution in [-0.2, 0) is 4.74 Å². The summed E-state index contributed by atoms with van der Waals surface area (Å²) in [6.07, 6.45) is 1.45. The molecule has 0 spiro atoms. The highest BCUT2D eigenvalue weighted by molar-refractivity contribution is 5.74. The van der Waals surface area contributed by atoms with Gasteiger partial charge >= 0.3 is 0 Å². The maximum Gasteiger partial charge on any atom is 0.267 e. The number of anilines is 1. The van der Waals surface area contributed by atoms with Gasteiger partial charge in [-0.2, -0.15) is 15.3 Å². The molecule has 3 aromatic rings. The van der Waals surface area contributed by atoms with Crippen molar-refractivity contribution in [2.75, 3.05) is 39.1 Å². The maximum absolute atomic E-state index is 14.6. The van der Waals surface area contributed by atoms with Gasteiger partial charge in [-0.25, -0.2) is 22.7 Å². The average molecular weight is 476 g/mol. The fraction of sp³-hybridized carbons (Fsp3) is 0.478. The summed E-state index contributed by atoms with van der Waals surface area (Å²) in [5.41, 5.74) is 6.70. The highest BCUT2D eigenvalue weighted by Gasteiger charge is 2.20. The molecule has 1 aromatic carbocycles. The highest BCUT2D eigenvalue weighted by Crippen LogP contribution is 2.34. The van der Waals surface area contributed by atoms with E-state index >= 15 is 0 Å². The number of methoxy groups -OCH3 is 1. The molecule has 0 saturated carbocycles. The Bertz CT molecular complexity index is 1170. The molecule has 1 aliphatic rings. The Labute approximate surface area is 195 Å². The summed E-state index contributed by atoms with van der Waals surface area (Å²) in [6, 6.07) is 3.92. The van der Waals surface area contributed by atoms with Gasteiger partial charge in [0.1, 0.15) is 11.5 Å². The number of hydrogen-bond acceptors (Lipinski definition) is 7. The van der Waals surface area contributed by atoms with Gasteiger partial charge in [0.15, 0.2) is 5.65 Å². The van der Waals surface area contributed by atoms with Crippen LogP contribution in [0.1, 0.15) is 36.9 Å². The van der Waals surface area contributed by atoms with E-state index in [2.05, 4.69) is 25.2 Å². The van der Waals surface area contributed by atoms with Crippen molar-refractivity contribution in [2.24, 2.45) is 10.2 Å². The number of rotatable bonds is 8. The van der Waals surface area contributed by atoms with Gasteiger partial charge in [0.05, 0.1) is 34.9 Å². The van der Waals surface area contributed by atoms with Crippen LogP contribution < -0.4 is 5.73 Å². The number of hydrogen-bond donors (Lipinski definition) is 1. The Morgan fingerprint density at radius 3 is 2.71 bits per heavy atom. The van der Waals surface area contributed by atoms with Gasteiger partial charge in [0, 0.05) is 38.9 Å². The van der Waals surface area contributed by atoms with Crippen molar-refractivity contribution in [3.63, 3.8) is 0 Å². The summed E-state index contributed by atoms with van der Waals surface area (Å²) in [6.45, 7) is 5.22. The second-order valence-corrected chi connectivity index (χ2v) is 8.46. The molecule has 1 fully saturated rings. The molecule has 4 rings (SSSR count). The van der Waals surface area contributed by atoms with Gasteiger partial charge in [0.25, 0.3) is 6.43 Å². The number of nitrogens with zero attached hydrogens (tertiary/aromatic N) is 6. The van der Waals surface area contributed by atoms with Crippen molar-refractivity contribution >= 4 is 17.0 Å². The number of benzene rings is 1. The Morgan fingerprint density at radius 2 is 2.00 bits per heavy atom. The standard InChI is InChI=1S/C23H28F3N7O/c1-14-13-33-23(28-14)17(22(25)26)12-19(31-33)15-10-18(24)21(27)20(11-15)30-29-16-4-7-32(8-5-16)6-3-9-34-2/h10-13,16,22H,3-9,27H2,1-2H3. The van der Waals surface area contributed by atoms with Gasteiger partial charge in [0.2, 0.25) is 0 Å². The molecule has 3 heterocycles. The molecule has 0 atom stereocenters. The number of nitrogens with two attached hydrogens (primary N) is 1. The zero-order chi connectivity index (χ0) is 24.2. The number of nitrogen functional groups attached to an aromatic ring is 1. The maximum atomic E-state index is 14.6. The van der Waals surface area contributed by atoms with Gasteiger partial charge in [-0.05, 0) is 44.4 Å². The third-order valence-electron chi connectivity index (χ3n) is 5.92. The first-order chi connectivity index (χ1) is 16.4. The van der Waals surface area contributed by atoms with E-state index in [1.54, 1.807) is 20.2 Å². The first kappa shape index (κ1) is 24.1. The second kappa shape index (κ2) is 10.5. The predicted octanol–water partition coefficient (Wildman–Crippen LogP) is 4.95. The largest absolute Gasteiger partial charge is 0.395 e. The average Bonchev–Trinajstić information content (AvgIpc) is 3.20. The number of aromatic nitrogens is 3. The molecule has 8 nitrogen and oxygen atoms in total. The summed E-state index contributed by atoms with van der Waals surface area (Å²) in [5.74, 6) is -0.707. The molecule has 182 valence electrons. The number of alkyl halides is 2. The smallest absolute Gasteiger partial charge is 0.267 e. The molecule has 1 saturated heterocycles. The van der Waals surface area contributed by atoms with Crippen LogP contribution in [0.25, 0.3) is 16.9 Å². The topological polar surface area (TPSA) is 93.4 Å². The van der Waals surface area contributed by atoms with E-state index in [9.17, 15) is 13.2 Å². The van der Waals surface area contributed by atoms with E-state index in [1.165, 1.54) is 22.7 Å². The number of aryl methyl sites for hydroxylation is 1. The molecule has 0 bridgehead atoms. The Hall–Kier alpha value is -3.05. The molecule has 0 unspecified atom stereocenters. The minimum Gasteiger partial charge on any atom is -0.395 e. The van der Waals surface area contributed by atoms with Gasteiger partial charge in [-0.1, -0.05) is 0 Å². The third kappa shape index (κ3) is 5.36. The van der Waals surface area contributed by atoms with Crippen molar-refractivity contribution in [1.29, 1.82) is 0 Å². The first-order valence-corrected chi connectivity index (χ1v) is 11.2. The number of piperidine rings is 1. The zero-order valence-corrected chi connectivity index (χ0v) is 19.2. The monoisotopic (exact) mass is 475 g/mol. The second-order valence-electron chi connectivity index (χ2n) is 8.46. The van der Waals surface area contributed by atoms with Crippen LogP contribution >= 0.6 is 0 Å². The Balaban J connectivity index is 1.55. The third-order valence-corrected chi connectivity index (χ3v) is 5.92. The molecule has 34 heavy (non-hydrogen) atoms. The van der Waals surface area contributed by atoms with Crippen LogP contribution in [0.3, 0.4) is 0 Å². The fourth-order valence-corrected chi connectivity index (χ4v) is 4.09. The minimum atomic E-state index is -2.76. The summed E-state index contributed by atoms with van der Waals surface area (Å²) >= 11 is 0. The van der Waals surface area contributed by atoms with Gasteiger partial charge < -0.3 is 15.4 Å². The van der Waals surface area contributed by atoms with E-state index < -0.39 is 12.2 Å². The molecular formula is C23H28F3N7O. The fourth-order valence-electron chi connectivity index (χ4n) is 4.09. The Morgan fingerprint density at radius 1 is 1.24 bits per heavy atom. The number of imidazole rings is 1. The van der Waals surface area contributed by atoms with E-state index in [4.69, 9.17) is 10.5 Å². The van der Waals surface area contributed by atoms with Crippen LogP contribution in [0, 0.1) is 12.7 Å². The normalized spacial score (nSPS) is 15.8. The van der Waals surface area contributed by atoms with Crippen molar-refractivity contribution in [3.05, 3.63) is 41.5 Å². The number of ether oxygens (including phenoxy) is 1. The summed E-state index contributed by atoms with van der Waals surface area (Å²) in [4.78, 5) is 6.47. The Kier molecular flexibility index (Phi) is 7.42. The molecular weight excluding hydrogens is 447 g/mol. The lowest BCUT2D eigenvalue weighted by atomic mass is 10.1. The van der Waals surface area contributed by atoms with Crippen LogP contribution in [0.5, 0.6) is 0 Å². The molecule has 2 aromatic heterocycles. The SMILES string of the molecule is COCCCN1CCC(N=Nc2cc(-c3cc(C(F)F)c4nc(C)cn4n3)cc(F)c2N)CC1. The molecule has 11 heteroatoms.